The molecule has 302 valence electrons. The Balaban J connectivity index is 1.34. The first-order valence-corrected chi connectivity index (χ1v) is 22.3. The lowest BCUT2D eigenvalue weighted by Gasteiger charge is -2.17. The van der Waals surface area contributed by atoms with E-state index in [0.717, 1.165) is 19.3 Å². The second-order valence-corrected chi connectivity index (χ2v) is 22.1. The van der Waals surface area contributed by atoms with Gasteiger partial charge in [-0.1, -0.05) is 174 Å². The highest BCUT2D eigenvalue weighted by molar-refractivity contribution is 6.04. The van der Waals surface area contributed by atoms with Gasteiger partial charge >= 0.3 is 0 Å². The van der Waals surface area contributed by atoms with E-state index in [1.54, 1.807) is 0 Å². The van der Waals surface area contributed by atoms with Crippen LogP contribution in [0.25, 0.3) is 50.6 Å². The smallest absolute Gasteiger partial charge is 0.0579 e. The fourth-order valence-electron chi connectivity index (χ4n) is 9.83. The average molecular weight is 784 g/mol. The molecule has 0 spiro atoms. The van der Waals surface area contributed by atoms with Crippen molar-refractivity contribution in [3.8, 4) is 33.4 Å². The number of hydrogen-bond donors (Lipinski definition) is 0. The van der Waals surface area contributed by atoms with Gasteiger partial charge in [-0.15, -0.1) is 0 Å². The lowest BCUT2D eigenvalue weighted by atomic mass is 9.88. The van der Waals surface area contributed by atoms with Crippen LogP contribution in [0.1, 0.15) is 150 Å². The summed E-state index contributed by atoms with van der Waals surface area (Å²) in [4.78, 5) is 0. The van der Waals surface area contributed by atoms with Gasteiger partial charge in [0.05, 0.1) is 22.8 Å². The molecule has 0 atom stereocenters. The van der Waals surface area contributed by atoms with Gasteiger partial charge in [-0.25, -0.2) is 0 Å². The average Bonchev–Trinajstić information content (AvgIpc) is 3.53. The standard InChI is InChI=1S/C60H63/c1-57(2,3)45-13-21-49-37-29-38(50(49)22-14-45)34-40-31-42(54-26-18-47(59(7,8)9)16-24-52(40)54)36-44-32-43(55-27-19-48(60(10,11)12)20-28-56(44)55)35-41-30-39(33-37)51-23-15-46(58(4,5)6)17-25-53(41)51/h13-33H,34-36H2,1-12H3/q+1/b37-33+. The molecule has 60 heavy (non-hydrogen) atoms. The van der Waals surface area contributed by atoms with Crippen LogP contribution in [0.5, 0.6) is 0 Å². The predicted octanol–water partition coefficient (Wildman–Crippen LogP) is 16.1. The first-order chi connectivity index (χ1) is 28.2. The summed E-state index contributed by atoms with van der Waals surface area (Å²) in [6.45, 7) is 27.9. The summed E-state index contributed by atoms with van der Waals surface area (Å²) >= 11 is 0. The summed E-state index contributed by atoms with van der Waals surface area (Å²) in [5.74, 6) is 0. The Kier molecular flexibility index (Phi) is 9.44. The van der Waals surface area contributed by atoms with Crippen molar-refractivity contribution in [3.63, 3.8) is 0 Å². The van der Waals surface area contributed by atoms with E-state index in [1.165, 1.54) is 111 Å². The van der Waals surface area contributed by atoms with Gasteiger partial charge in [-0.2, -0.15) is 0 Å². The third-order valence-corrected chi connectivity index (χ3v) is 13.6. The molecule has 0 heterocycles. The van der Waals surface area contributed by atoms with E-state index >= 15 is 0 Å². The lowest BCUT2D eigenvalue weighted by molar-refractivity contribution is 0.590. The summed E-state index contributed by atoms with van der Waals surface area (Å²) in [6, 6.07) is 45.9. The Morgan fingerprint density at radius 2 is 0.733 bits per heavy atom. The molecule has 0 unspecified atom stereocenters. The molecular formula is C60H63+. The molecule has 0 saturated heterocycles. The third kappa shape index (κ3) is 7.31. The molecule has 8 aliphatic rings. The Bertz CT molecular complexity index is 2790. The van der Waals surface area contributed by atoms with Crippen LogP contribution in [0.3, 0.4) is 0 Å². The Labute approximate surface area is 361 Å². The molecule has 0 saturated carbocycles. The summed E-state index contributed by atoms with van der Waals surface area (Å²) in [5, 5.41) is 0. The first kappa shape index (κ1) is 40.1. The van der Waals surface area contributed by atoms with Gasteiger partial charge in [0.25, 0.3) is 0 Å². The van der Waals surface area contributed by atoms with Crippen molar-refractivity contribution in [1.82, 2.24) is 0 Å². The maximum absolute atomic E-state index is 2.55. The fraction of sp³-hybridized carbons (Fsp3) is 0.317. The van der Waals surface area contributed by atoms with Crippen molar-refractivity contribution in [2.75, 3.05) is 0 Å². The molecule has 1 aromatic carbocycles. The van der Waals surface area contributed by atoms with Crippen molar-refractivity contribution in [3.05, 3.63) is 188 Å². The fourth-order valence-corrected chi connectivity index (χ4v) is 9.83. The first-order valence-electron chi connectivity index (χ1n) is 22.3. The van der Waals surface area contributed by atoms with Crippen LogP contribution in [-0.2, 0) is 40.9 Å². The molecule has 0 fully saturated rings. The van der Waals surface area contributed by atoms with Crippen molar-refractivity contribution < 1.29 is 0 Å². The van der Waals surface area contributed by atoms with Crippen molar-refractivity contribution in [2.45, 2.75) is 124 Å². The molecule has 0 N–H and O–H groups in total. The van der Waals surface area contributed by atoms with Gasteiger partial charge in [0.1, 0.15) is 0 Å². The minimum atomic E-state index is 0.0511. The Hall–Kier alpha value is -5.33. The molecule has 0 heteroatoms. The monoisotopic (exact) mass is 783 g/mol. The molecule has 1 aromatic rings. The van der Waals surface area contributed by atoms with E-state index in [0.29, 0.717) is 0 Å². The van der Waals surface area contributed by atoms with Gasteiger partial charge in [-0.3, -0.25) is 0 Å². The number of allylic oxidation sites excluding steroid dienone is 3. The van der Waals surface area contributed by atoms with Crippen LogP contribution in [0.15, 0.2) is 121 Å². The zero-order valence-electron chi connectivity index (χ0n) is 38.2. The number of fused-ring (bicyclic) bond motifs is 19. The van der Waals surface area contributed by atoms with Crippen LogP contribution in [-0.4, -0.2) is 0 Å². The Morgan fingerprint density at radius 1 is 0.350 bits per heavy atom. The number of rotatable bonds is 0. The van der Waals surface area contributed by atoms with Gasteiger partial charge in [-0.05, 0) is 137 Å². The predicted molar refractivity (Wildman–Crippen MR) is 260 cm³/mol. The summed E-state index contributed by atoms with van der Waals surface area (Å²) < 4.78 is 0. The van der Waals surface area contributed by atoms with Crippen LogP contribution in [0, 0.1) is 0 Å². The maximum atomic E-state index is 2.55. The molecule has 0 aliphatic heterocycles. The van der Waals surface area contributed by atoms with Crippen molar-refractivity contribution >= 4 is 17.2 Å². The van der Waals surface area contributed by atoms with E-state index in [4.69, 9.17) is 0 Å². The second-order valence-electron chi connectivity index (χ2n) is 22.1. The molecule has 0 nitrogen and oxygen atoms in total. The quantitative estimate of drug-likeness (QED) is 0.134. The van der Waals surface area contributed by atoms with E-state index in [9.17, 15) is 0 Å². The molecule has 0 radical (unpaired) electrons. The molecule has 8 aliphatic carbocycles. The molecule has 8 bridgehead atoms. The van der Waals surface area contributed by atoms with E-state index < -0.39 is 0 Å². The lowest BCUT2D eigenvalue weighted by Crippen LogP contribution is -2.09. The van der Waals surface area contributed by atoms with E-state index in [1.807, 2.05) is 0 Å². The van der Waals surface area contributed by atoms with Crippen LogP contribution in [0.2, 0.25) is 0 Å². The highest BCUT2D eigenvalue weighted by Gasteiger charge is 2.30. The van der Waals surface area contributed by atoms with Gasteiger partial charge in [0, 0.05) is 29.2 Å². The highest BCUT2D eigenvalue weighted by Crippen LogP contribution is 2.46. The minimum Gasteiger partial charge on any atom is -0.0579 e. The van der Waals surface area contributed by atoms with Crippen LogP contribution < -0.4 is 0 Å². The zero-order valence-corrected chi connectivity index (χ0v) is 38.2. The van der Waals surface area contributed by atoms with Crippen LogP contribution >= 0.6 is 0 Å². The molecule has 9 rings (SSSR count). The molecule has 0 amide bonds. The highest BCUT2D eigenvalue weighted by atomic mass is 14.3. The molecule has 0 aromatic heterocycles. The van der Waals surface area contributed by atoms with Gasteiger partial charge < -0.3 is 0 Å². The van der Waals surface area contributed by atoms with E-state index in [2.05, 4.69) is 210 Å². The normalized spacial score (nSPS) is 15.5. The summed E-state index contributed by atoms with van der Waals surface area (Å²) in [7, 11) is 0. The maximum Gasteiger partial charge on any atom is 0.0793 e. The van der Waals surface area contributed by atoms with Crippen LogP contribution in [0.4, 0.5) is 0 Å². The topological polar surface area (TPSA) is 0 Å². The largest absolute Gasteiger partial charge is 0.0793 e. The van der Waals surface area contributed by atoms with Crippen molar-refractivity contribution in [2.24, 2.45) is 0 Å². The second kappa shape index (κ2) is 14.1. The zero-order chi connectivity index (χ0) is 42.5. The third-order valence-electron chi connectivity index (χ3n) is 13.6. The number of hydrogen-bond acceptors (Lipinski definition) is 0. The van der Waals surface area contributed by atoms with Crippen molar-refractivity contribution in [1.29, 1.82) is 0 Å². The van der Waals surface area contributed by atoms with E-state index in [-0.39, 0.29) is 21.7 Å². The molecular weight excluding hydrogens is 721 g/mol. The van der Waals surface area contributed by atoms with Gasteiger partial charge in [0.2, 0.25) is 0 Å². The van der Waals surface area contributed by atoms with Gasteiger partial charge in [0.15, 0.2) is 0 Å². The Morgan fingerprint density at radius 3 is 1.17 bits per heavy atom. The summed E-state index contributed by atoms with van der Waals surface area (Å²) in [6.07, 6.45) is 7.63. The summed E-state index contributed by atoms with van der Waals surface area (Å²) in [5.41, 5.74) is 27.5. The minimum absolute atomic E-state index is 0.0511. The SMILES string of the molecule is CC(C)(C)c1ccc2c3cc(c-2cc1)Cc1cc(c2ccc(C(C)(C)C)ccc1-2)Cc1cc(c2ccc(C(C)(C)C)ccc1-2)CC1=C/C(=C\3)c2c[cH+]c(C(C)(C)C)ccc21.